The number of β-amino-alcohol motifs (C(OH)–C–C–N with tert-alkyl or cyclic N) is 2. The predicted octanol–water partition coefficient (Wildman–Crippen LogP) is -1.44. The second-order valence-corrected chi connectivity index (χ2v) is 4.21. The van der Waals surface area contributed by atoms with Crippen molar-refractivity contribution in [2.45, 2.75) is 12.2 Å². The average Bonchev–Trinajstić information content (AvgIpc) is 2.62. The number of carbonyl (C=O) groups is 1. The summed E-state index contributed by atoms with van der Waals surface area (Å²) in [6.07, 6.45) is -0.311. The number of rotatable bonds is 1. The molecule has 1 amide bonds. The lowest BCUT2D eigenvalue weighted by Crippen LogP contribution is -2.31. The first-order valence-corrected chi connectivity index (χ1v) is 5.31. The minimum Gasteiger partial charge on any atom is -0.388 e. The van der Waals surface area contributed by atoms with Gasteiger partial charge in [-0.05, 0) is 6.07 Å². The van der Waals surface area contributed by atoms with Crippen molar-refractivity contribution >= 4 is 5.91 Å². The summed E-state index contributed by atoms with van der Waals surface area (Å²) >= 11 is 0. The molecule has 1 fully saturated rings. The molecule has 6 heteroatoms. The Kier molecular flexibility index (Phi) is 2.99. The molecular weight excluding hydrogens is 224 g/mol. The molecule has 2 heterocycles. The molecule has 6 nitrogen and oxygen atoms in total. The molecule has 0 radical (unpaired) electrons. The molecule has 1 aromatic rings. The predicted molar refractivity (Wildman–Crippen MR) is 59.6 cm³/mol. The first-order chi connectivity index (χ1) is 7.99. The lowest BCUT2D eigenvalue weighted by atomic mass is 10.2. The maximum atomic E-state index is 12.0. The Hall–Kier alpha value is -1.66. The zero-order chi connectivity index (χ0) is 12.6. The van der Waals surface area contributed by atoms with Crippen LogP contribution in [0.1, 0.15) is 10.4 Å². The van der Waals surface area contributed by atoms with E-state index in [0.717, 1.165) is 0 Å². The van der Waals surface area contributed by atoms with Crippen LogP contribution in [0.2, 0.25) is 0 Å². The molecule has 2 atom stereocenters. The maximum Gasteiger partial charge on any atom is 0.254 e. The van der Waals surface area contributed by atoms with Gasteiger partial charge in [0.2, 0.25) is 0 Å². The van der Waals surface area contributed by atoms with Gasteiger partial charge < -0.3 is 19.7 Å². The Morgan fingerprint density at radius 3 is 2.47 bits per heavy atom. The third-order valence-electron chi connectivity index (χ3n) is 2.90. The van der Waals surface area contributed by atoms with Crippen LogP contribution in [-0.2, 0) is 7.05 Å². The Labute approximate surface area is 97.7 Å². The molecule has 17 heavy (non-hydrogen) atoms. The molecule has 1 aliphatic rings. The second-order valence-electron chi connectivity index (χ2n) is 4.21. The summed E-state index contributed by atoms with van der Waals surface area (Å²) in [5.41, 5.74) is 0.00513. The molecule has 1 aliphatic heterocycles. The average molecular weight is 238 g/mol. The zero-order valence-corrected chi connectivity index (χ0v) is 9.41. The normalized spacial score (nSPS) is 24.1. The van der Waals surface area contributed by atoms with Crippen LogP contribution in [0.25, 0.3) is 0 Å². The first-order valence-electron chi connectivity index (χ1n) is 5.31. The van der Waals surface area contributed by atoms with E-state index < -0.39 is 12.2 Å². The number of aryl methyl sites for hydroxylation is 1. The quantitative estimate of drug-likeness (QED) is 0.628. The Bertz CT molecular complexity index is 486. The molecule has 2 unspecified atom stereocenters. The van der Waals surface area contributed by atoms with Gasteiger partial charge in [0.15, 0.2) is 0 Å². The first kappa shape index (κ1) is 11.8. The Morgan fingerprint density at radius 2 is 1.94 bits per heavy atom. The molecule has 0 bridgehead atoms. The summed E-state index contributed by atoms with van der Waals surface area (Å²) in [4.78, 5) is 24.7. The van der Waals surface area contributed by atoms with Gasteiger partial charge in [-0.1, -0.05) is 0 Å². The summed E-state index contributed by atoms with van der Waals surface area (Å²) in [7, 11) is 1.60. The summed E-state index contributed by atoms with van der Waals surface area (Å²) < 4.78 is 1.37. The van der Waals surface area contributed by atoms with E-state index in [-0.39, 0.29) is 30.1 Å². The molecule has 0 saturated carbocycles. The molecule has 0 aromatic carbocycles. The third-order valence-corrected chi connectivity index (χ3v) is 2.90. The highest BCUT2D eigenvalue weighted by molar-refractivity contribution is 5.94. The van der Waals surface area contributed by atoms with Gasteiger partial charge in [-0.25, -0.2) is 0 Å². The van der Waals surface area contributed by atoms with Crippen LogP contribution in [-0.4, -0.2) is 50.9 Å². The van der Waals surface area contributed by atoms with Crippen molar-refractivity contribution in [3.8, 4) is 0 Å². The molecule has 92 valence electrons. The highest BCUT2D eigenvalue weighted by Gasteiger charge is 2.32. The molecule has 2 rings (SSSR count). The summed E-state index contributed by atoms with van der Waals surface area (Å²) in [6.45, 7) is 0.185. The number of hydrogen-bond acceptors (Lipinski definition) is 4. The molecule has 1 saturated heterocycles. The van der Waals surface area contributed by atoms with Crippen molar-refractivity contribution in [1.82, 2.24) is 9.47 Å². The van der Waals surface area contributed by atoms with Crippen molar-refractivity contribution in [2.24, 2.45) is 7.05 Å². The van der Waals surface area contributed by atoms with Gasteiger partial charge in [-0.3, -0.25) is 9.59 Å². The Morgan fingerprint density at radius 1 is 1.35 bits per heavy atom. The lowest BCUT2D eigenvalue weighted by molar-refractivity contribution is 0.0572. The summed E-state index contributed by atoms with van der Waals surface area (Å²) in [5.74, 6) is -0.349. The lowest BCUT2D eigenvalue weighted by Gasteiger charge is -2.15. The third kappa shape index (κ3) is 2.22. The van der Waals surface area contributed by atoms with E-state index in [9.17, 15) is 19.8 Å². The minimum absolute atomic E-state index is 0.0925. The van der Waals surface area contributed by atoms with E-state index in [2.05, 4.69) is 0 Å². The van der Waals surface area contributed by atoms with Crippen LogP contribution in [0.5, 0.6) is 0 Å². The number of carbonyl (C=O) groups excluding carboxylic acids is 1. The maximum absolute atomic E-state index is 12.0. The molecular formula is C11H14N2O4. The van der Waals surface area contributed by atoms with E-state index in [1.165, 1.54) is 21.7 Å². The van der Waals surface area contributed by atoms with Crippen molar-refractivity contribution in [3.63, 3.8) is 0 Å². The topological polar surface area (TPSA) is 82.8 Å². The summed E-state index contributed by atoms with van der Waals surface area (Å²) in [5, 5.41) is 18.7. The number of aromatic nitrogens is 1. The molecule has 0 spiro atoms. The van der Waals surface area contributed by atoms with Crippen molar-refractivity contribution in [3.05, 3.63) is 34.2 Å². The molecule has 1 aromatic heterocycles. The highest BCUT2D eigenvalue weighted by atomic mass is 16.3. The smallest absolute Gasteiger partial charge is 0.254 e. The van der Waals surface area contributed by atoms with Crippen LogP contribution in [0, 0.1) is 0 Å². The number of likely N-dealkylation sites (tertiary alicyclic amines) is 1. The van der Waals surface area contributed by atoms with Crippen LogP contribution in [0.3, 0.4) is 0 Å². The van der Waals surface area contributed by atoms with Gasteiger partial charge in [-0.2, -0.15) is 0 Å². The number of nitrogens with zero attached hydrogens (tertiary/aromatic N) is 2. The number of pyridine rings is 1. The van der Waals surface area contributed by atoms with Crippen molar-refractivity contribution < 1.29 is 15.0 Å². The van der Waals surface area contributed by atoms with Gasteiger partial charge in [-0.15, -0.1) is 0 Å². The largest absolute Gasteiger partial charge is 0.388 e. The fraction of sp³-hybridized carbons (Fsp3) is 0.455. The van der Waals surface area contributed by atoms with Crippen LogP contribution in [0.4, 0.5) is 0 Å². The van der Waals surface area contributed by atoms with E-state index in [0.29, 0.717) is 0 Å². The van der Waals surface area contributed by atoms with Crippen molar-refractivity contribution in [1.29, 1.82) is 0 Å². The van der Waals surface area contributed by atoms with Crippen molar-refractivity contribution in [2.75, 3.05) is 13.1 Å². The fourth-order valence-electron chi connectivity index (χ4n) is 1.80. The van der Waals surface area contributed by atoms with Gasteiger partial charge >= 0.3 is 0 Å². The molecule has 2 N–H and O–H groups in total. The van der Waals surface area contributed by atoms with Crippen LogP contribution >= 0.6 is 0 Å². The monoisotopic (exact) mass is 238 g/mol. The van der Waals surface area contributed by atoms with Gasteiger partial charge in [0, 0.05) is 38.0 Å². The number of aliphatic hydroxyl groups is 2. The van der Waals surface area contributed by atoms with Gasteiger partial charge in [0.25, 0.3) is 11.5 Å². The number of hydrogen-bond donors (Lipinski definition) is 2. The number of amides is 1. The number of aliphatic hydroxyl groups excluding tert-OH is 2. The fourth-order valence-corrected chi connectivity index (χ4v) is 1.80. The SMILES string of the molecule is Cn1ccc(C(=O)N2CC(O)C(O)C2)cc1=O. The van der Waals surface area contributed by atoms with Crippen LogP contribution in [0.15, 0.2) is 23.1 Å². The standard InChI is InChI=1S/C11H14N2O4/c1-12-3-2-7(4-10(12)16)11(17)13-5-8(14)9(15)6-13/h2-4,8-9,14-15H,5-6H2,1H3. The van der Waals surface area contributed by atoms with E-state index >= 15 is 0 Å². The van der Waals surface area contributed by atoms with E-state index in [1.807, 2.05) is 0 Å². The highest BCUT2D eigenvalue weighted by Crippen LogP contribution is 2.13. The van der Waals surface area contributed by atoms with Gasteiger partial charge in [0.1, 0.15) is 0 Å². The molecule has 0 aliphatic carbocycles. The Balaban J connectivity index is 2.20. The minimum atomic E-state index is -0.912. The van der Waals surface area contributed by atoms with Gasteiger partial charge in [0.05, 0.1) is 12.2 Å². The zero-order valence-electron chi connectivity index (χ0n) is 9.41. The summed E-state index contributed by atoms with van der Waals surface area (Å²) in [6, 6.07) is 2.79. The van der Waals surface area contributed by atoms with E-state index in [4.69, 9.17) is 0 Å². The van der Waals surface area contributed by atoms with E-state index in [1.54, 1.807) is 13.1 Å². The second kappa shape index (κ2) is 4.31. The van der Waals surface area contributed by atoms with Crippen LogP contribution < -0.4 is 5.56 Å².